The Hall–Kier alpha value is -3.00. The standard InChI is InChI=1S/C18H10N4OS2/c19-8-11-15(14-6-3-7-24-14)12(9-20)18-22(16(11)21)17(23)10-4-1-2-5-13(10)25-18/h1-7,15H,21H2/t15-/m0/s1. The first kappa shape index (κ1) is 15.5. The number of carbonyl (C=O) groups is 1. The Morgan fingerprint density at radius 3 is 2.52 bits per heavy atom. The summed E-state index contributed by atoms with van der Waals surface area (Å²) in [4.78, 5) is 15.9. The first-order valence-electron chi connectivity index (χ1n) is 7.36. The minimum absolute atomic E-state index is 0.0990. The van der Waals surface area contributed by atoms with Crippen molar-refractivity contribution in [2.45, 2.75) is 10.8 Å². The summed E-state index contributed by atoms with van der Waals surface area (Å²) in [5, 5.41) is 21.8. The van der Waals surface area contributed by atoms with Gasteiger partial charge in [0.15, 0.2) is 0 Å². The zero-order valence-corrected chi connectivity index (χ0v) is 14.4. The molecule has 1 aromatic heterocycles. The van der Waals surface area contributed by atoms with Crippen molar-refractivity contribution in [1.29, 1.82) is 10.5 Å². The number of nitrogens with two attached hydrogens (primary N) is 1. The lowest BCUT2D eigenvalue weighted by molar-refractivity contribution is 0.0841. The Morgan fingerprint density at radius 2 is 1.84 bits per heavy atom. The van der Waals surface area contributed by atoms with E-state index in [9.17, 15) is 15.3 Å². The maximum atomic E-state index is 12.9. The fourth-order valence-corrected chi connectivity index (χ4v) is 5.01. The van der Waals surface area contributed by atoms with E-state index in [1.54, 1.807) is 12.1 Å². The van der Waals surface area contributed by atoms with E-state index < -0.39 is 5.92 Å². The van der Waals surface area contributed by atoms with Crippen LogP contribution in [0.2, 0.25) is 0 Å². The van der Waals surface area contributed by atoms with Gasteiger partial charge >= 0.3 is 0 Å². The van der Waals surface area contributed by atoms with Crippen LogP contribution in [0.1, 0.15) is 21.2 Å². The molecular formula is C18H10N4OS2. The van der Waals surface area contributed by atoms with Gasteiger partial charge in [0.1, 0.15) is 10.9 Å². The van der Waals surface area contributed by atoms with E-state index in [2.05, 4.69) is 12.1 Å². The molecule has 0 fully saturated rings. The van der Waals surface area contributed by atoms with E-state index in [1.807, 2.05) is 29.6 Å². The van der Waals surface area contributed by atoms with Gasteiger partial charge in [-0.25, -0.2) is 0 Å². The molecule has 1 amide bonds. The third-order valence-electron chi connectivity index (χ3n) is 4.12. The summed E-state index contributed by atoms with van der Waals surface area (Å²) in [5.41, 5.74) is 7.34. The fourth-order valence-electron chi connectivity index (χ4n) is 3.00. The van der Waals surface area contributed by atoms with Gasteiger partial charge < -0.3 is 5.73 Å². The lowest BCUT2D eigenvalue weighted by Gasteiger charge is -2.36. The first-order chi connectivity index (χ1) is 12.2. The van der Waals surface area contributed by atoms with Crippen LogP contribution < -0.4 is 5.73 Å². The summed E-state index contributed by atoms with van der Waals surface area (Å²) >= 11 is 2.79. The molecule has 1 atom stereocenters. The zero-order chi connectivity index (χ0) is 17.6. The number of carbonyl (C=O) groups excluding carboxylic acids is 1. The molecule has 25 heavy (non-hydrogen) atoms. The topological polar surface area (TPSA) is 93.9 Å². The van der Waals surface area contributed by atoms with E-state index in [0.717, 1.165) is 9.77 Å². The van der Waals surface area contributed by atoms with Crippen molar-refractivity contribution in [3.05, 3.63) is 74.2 Å². The summed E-state index contributed by atoms with van der Waals surface area (Å²) in [5.74, 6) is -0.749. The molecule has 120 valence electrons. The summed E-state index contributed by atoms with van der Waals surface area (Å²) in [7, 11) is 0. The SMILES string of the molecule is N#CC1=C(N)N2C(=O)c3ccccc3SC2=C(C#N)[C@H]1c1cccs1. The summed E-state index contributed by atoms with van der Waals surface area (Å²) < 4.78 is 0. The molecule has 4 rings (SSSR count). The van der Waals surface area contributed by atoms with Gasteiger partial charge in [-0.2, -0.15) is 10.5 Å². The molecule has 3 heterocycles. The second-order valence-corrected chi connectivity index (χ2v) is 7.44. The molecular weight excluding hydrogens is 352 g/mol. The van der Waals surface area contributed by atoms with Crippen molar-refractivity contribution < 1.29 is 4.79 Å². The Kier molecular flexibility index (Phi) is 3.61. The molecule has 7 heteroatoms. The van der Waals surface area contributed by atoms with Crippen molar-refractivity contribution in [2.75, 3.05) is 0 Å². The number of allylic oxidation sites excluding steroid dienone is 2. The molecule has 0 radical (unpaired) electrons. The predicted octanol–water partition coefficient (Wildman–Crippen LogP) is 3.52. The normalized spacial score (nSPS) is 19.2. The van der Waals surface area contributed by atoms with Gasteiger partial charge in [-0.15, -0.1) is 11.3 Å². The average molecular weight is 362 g/mol. The first-order valence-corrected chi connectivity index (χ1v) is 9.05. The minimum atomic E-state index is -0.535. The molecule has 0 unspecified atom stereocenters. The van der Waals surface area contributed by atoms with Gasteiger partial charge in [-0.1, -0.05) is 30.0 Å². The van der Waals surface area contributed by atoms with E-state index in [-0.39, 0.29) is 17.3 Å². The highest BCUT2D eigenvalue weighted by Crippen LogP contribution is 2.49. The zero-order valence-electron chi connectivity index (χ0n) is 12.8. The van der Waals surface area contributed by atoms with E-state index >= 15 is 0 Å². The van der Waals surface area contributed by atoms with Crippen molar-refractivity contribution in [2.24, 2.45) is 5.73 Å². The smallest absolute Gasteiger partial charge is 0.265 e. The van der Waals surface area contributed by atoms with Crippen molar-refractivity contribution >= 4 is 29.0 Å². The highest BCUT2D eigenvalue weighted by molar-refractivity contribution is 8.03. The molecule has 0 bridgehead atoms. The van der Waals surface area contributed by atoms with Crippen LogP contribution in [-0.2, 0) is 0 Å². The number of thiophene rings is 1. The summed E-state index contributed by atoms with van der Waals surface area (Å²) in [6, 6.07) is 15.2. The lowest BCUT2D eigenvalue weighted by atomic mass is 9.88. The fraction of sp³-hybridized carbons (Fsp3) is 0.0556. The van der Waals surface area contributed by atoms with Crippen LogP contribution >= 0.6 is 23.1 Å². The van der Waals surface area contributed by atoms with Crippen molar-refractivity contribution in [1.82, 2.24) is 4.90 Å². The number of nitriles is 2. The number of fused-ring (bicyclic) bond motifs is 2. The van der Waals surface area contributed by atoms with Gasteiger partial charge in [-0.3, -0.25) is 9.69 Å². The molecule has 0 aliphatic carbocycles. The summed E-state index contributed by atoms with van der Waals surface area (Å²) in [6.45, 7) is 0. The number of thioether (sulfide) groups is 1. The third-order valence-corrected chi connectivity index (χ3v) is 6.23. The molecule has 5 nitrogen and oxygen atoms in total. The van der Waals surface area contributed by atoms with Crippen LogP contribution in [0.15, 0.2) is 68.7 Å². The Morgan fingerprint density at radius 1 is 1.08 bits per heavy atom. The Bertz CT molecular complexity index is 1040. The molecule has 0 saturated carbocycles. The molecule has 0 saturated heterocycles. The average Bonchev–Trinajstić information content (AvgIpc) is 3.15. The Labute approximate surface area is 152 Å². The van der Waals surface area contributed by atoms with Gasteiger partial charge in [-0.05, 0) is 23.6 Å². The minimum Gasteiger partial charge on any atom is -0.384 e. The predicted molar refractivity (Wildman–Crippen MR) is 95.0 cm³/mol. The lowest BCUT2D eigenvalue weighted by Crippen LogP contribution is -2.40. The molecule has 0 spiro atoms. The Balaban J connectivity index is 2.00. The highest BCUT2D eigenvalue weighted by atomic mass is 32.2. The summed E-state index contributed by atoms with van der Waals surface area (Å²) in [6.07, 6.45) is 0. The quantitative estimate of drug-likeness (QED) is 0.837. The van der Waals surface area contributed by atoms with Gasteiger partial charge in [0.05, 0.1) is 34.8 Å². The maximum Gasteiger partial charge on any atom is 0.265 e. The van der Waals surface area contributed by atoms with E-state index in [0.29, 0.717) is 16.2 Å². The number of benzene rings is 1. The third kappa shape index (κ3) is 2.18. The van der Waals surface area contributed by atoms with Gasteiger partial charge in [0.25, 0.3) is 5.91 Å². The number of hydrogen-bond acceptors (Lipinski definition) is 6. The van der Waals surface area contributed by atoms with Crippen LogP contribution in [0, 0.1) is 22.7 Å². The van der Waals surface area contributed by atoms with E-state index in [4.69, 9.17) is 5.73 Å². The van der Waals surface area contributed by atoms with Gasteiger partial charge in [0, 0.05) is 9.77 Å². The molecule has 1 aromatic carbocycles. The monoisotopic (exact) mass is 362 g/mol. The van der Waals surface area contributed by atoms with Crippen LogP contribution in [0.5, 0.6) is 0 Å². The number of amides is 1. The van der Waals surface area contributed by atoms with Crippen molar-refractivity contribution in [3.63, 3.8) is 0 Å². The highest BCUT2D eigenvalue weighted by Gasteiger charge is 2.42. The van der Waals surface area contributed by atoms with Crippen molar-refractivity contribution in [3.8, 4) is 12.1 Å². The molecule has 2 aromatic rings. The second kappa shape index (κ2) is 5.82. The van der Waals surface area contributed by atoms with Gasteiger partial charge in [0.2, 0.25) is 0 Å². The van der Waals surface area contributed by atoms with E-state index in [1.165, 1.54) is 28.0 Å². The van der Waals surface area contributed by atoms with Crippen LogP contribution in [0.4, 0.5) is 0 Å². The van der Waals surface area contributed by atoms with Crippen LogP contribution in [0.25, 0.3) is 0 Å². The largest absolute Gasteiger partial charge is 0.384 e. The molecule has 2 aliphatic heterocycles. The number of nitrogens with zero attached hydrogens (tertiary/aromatic N) is 3. The second-order valence-electron chi connectivity index (χ2n) is 5.43. The van der Waals surface area contributed by atoms with Crippen LogP contribution in [-0.4, -0.2) is 10.8 Å². The number of hydrogen-bond donors (Lipinski definition) is 1. The molecule has 2 aliphatic rings. The maximum absolute atomic E-state index is 12.9. The number of rotatable bonds is 1. The molecule has 2 N–H and O–H groups in total. The van der Waals surface area contributed by atoms with Crippen LogP contribution in [0.3, 0.4) is 0 Å².